The molecule has 3 heterocycles. The number of pyridine rings is 2. The number of hydrogen-bond donors (Lipinski definition) is 1. The molecule has 0 fully saturated rings. The van der Waals surface area contributed by atoms with E-state index in [2.05, 4.69) is 6.07 Å². The predicted molar refractivity (Wildman–Crippen MR) is 103 cm³/mol. The summed E-state index contributed by atoms with van der Waals surface area (Å²) in [5, 5.41) is 12.2. The van der Waals surface area contributed by atoms with Crippen molar-refractivity contribution in [3.8, 4) is 11.4 Å². The third kappa shape index (κ3) is 2.31. The third-order valence-corrected chi connectivity index (χ3v) is 6.00. The molecule has 1 aliphatic carbocycles. The van der Waals surface area contributed by atoms with Crippen LogP contribution in [0.5, 0.6) is 0 Å². The smallest absolute Gasteiger partial charge is 0.254 e. The lowest BCUT2D eigenvalue weighted by atomic mass is 9.85. The number of Topliss-reactive ketones (excluding diaryl/α,β-unsaturated/α-hetero) is 1. The Morgan fingerprint density at radius 2 is 2.00 bits per heavy atom. The summed E-state index contributed by atoms with van der Waals surface area (Å²) in [5.41, 5.74) is 3.22. The normalized spacial score (nSPS) is 20.9. The quantitative estimate of drug-likeness (QED) is 0.530. The Hall–Kier alpha value is -2.79. The van der Waals surface area contributed by atoms with Gasteiger partial charge in [-0.2, -0.15) is 0 Å². The number of nitrogens with zero attached hydrogens (tertiary/aromatic N) is 2. The van der Waals surface area contributed by atoms with Gasteiger partial charge >= 0.3 is 0 Å². The Morgan fingerprint density at radius 3 is 2.81 bits per heavy atom. The number of ketones is 1. The molecule has 0 radical (unpaired) electrons. The van der Waals surface area contributed by atoms with Crippen LogP contribution in [0.3, 0.4) is 0 Å². The molecular formula is C22H20N2O3. The Labute approximate surface area is 156 Å². The number of aliphatic hydroxyl groups is 1. The SMILES string of the molecule is CCC1(O)CC(=O)CCc2c1cc1n(c2=O)Cc2cc3ccccc3nc2-1. The molecule has 1 aliphatic heterocycles. The molecule has 0 saturated carbocycles. The summed E-state index contributed by atoms with van der Waals surface area (Å²) in [7, 11) is 0. The fourth-order valence-electron chi connectivity index (χ4n) is 4.46. The number of aromatic nitrogens is 2. The summed E-state index contributed by atoms with van der Waals surface area (Å²) in [6.45, 7) is 2.33. The lowest BCUT2D eigenvalue weighted by molar-refractivity contribution is -0.124. The summed E-state index contributed by atoms with van der Waals surface area (Å²) in [4.78, 5) is 30.2. The van der Waals surface area contributed by atoms with Crippen LogP contribution < -0.4 is 5.56 Å². The summed E-state index contributed by atoms with van der Waals surface area (Å²) >= 11 is 0. The summed E-state index contributed by atoms with van der Waals surface area (Å²) in [6.07, 6.45) is 1.16. The zero-order chi connectivity index (χ0) is 18.8. The second-order valence-electron chi connectivity index (χ2n) is 7.60. The minimum Gasteiger partial charge on any atom is -0.385 e. The molecule has 1 atom stereocenters. The molecule has 1 aromatic carbocycles. The lowest BCUT2D eigenvalue weighted by Crippen LogP contribution is -2.32. The minimum absolute atomic E-state index is 0.00429. The van der Waals surface area contributed by atoms with Crippen LogP contribution in [0.25, 0.3) is 22.3 Å². The van der Waals surface area contributed by atoms with E-state index in [1.165, 1.54) is 0 Å². The molecule has 2 aromatic heterocycles. The van der Waals surface area contributed by atoms with Crippen LogP contribution in [-0.4, -0.2) is 20.4 Å². The van der Waals surface area contributed by atoms with Crippen LogP contribution in [0.1, 0.15) is 42.9 Å². The van der Waals surface area contributed by atoms with Crippen LogP contribution in [0, 0.1) is 0 Å². The second kappa shape index (κ2) is 5.60. The van der Waals surface area contributed by atoms with E-state index >= 15 is 0 Å². The van der Waals surface area contributed by atoms with E-state index in [1.807, 2.05) is 37.3 Å². The largest absolute Gasteiger partial charge is 0.385 e. The van der Waals surface area contributed by atoms with Crippen LogP contribution >= 0.6 is 0 Å². The van der Waals surface area contributed by atoms with E-state index in [-0.39, 0.29) is 17.8 Å². The fraction of sp³-hybridized carbons (Fsp3) is 0.318. The van der Waals surface area contributed by atoms with Crippen LogP contribution in [-0.2, 0) is 23.4 Å². The van der Waals surface area contributed by atoms with Crippen molar-refractivity contribution in [3.63, 3.8) is 0 Å². The van der Waals surface area contributed by atoms with E-state index in [9.17, 15) is 14.7 Å². The molecule has 136 valence electrons. The van der Waals surface area contributed by atoms with Gasteiger partial charge < -0.3 is 9.67 Å². The first-order valence-electron chi connectivity index (χ1n) is 9.40. The number of para-hydroxylation sites is 1. The van der Waals surface area contributed by atoms with Gasteiger partial charge in [-0.25, -0.2) is 4.98 Å². The molecule has 0 spiro atoms. The van der Waals surface area contributed by atoms with Gasteiger partial charge in [0.2, 0.25) is 0 Å². The highest BCUT2D eigenvalue weighted by atomic mass is 16.3. The first-order chi connectivity index (χ1) is 13.0. The van der Waals surface area contributed by atoms with Crippen molar-refractivity contribution in [2.45, 2.75) is 44.8 Å². The zero-order valence-electron chi connectivity index (χ0n) is 15.2. The Kier molecular flexibility index (Phi) is 3.40. The number of fused-ring (bicyclic) bond motifs is 5. The van der Waals surface area contributed by atoms with Gasteiger partial charge in [-0.05, 0) is 36.6 Å². The van der Waals surface area contributed by atoms with Crippen molar-refractivity contribution in [2.24, 2.45) is 0 Å². The fourth-order valence-corrected chi connectivity index (χ4v) is 4.46. The van der Waals surface area contributed by atoms with Crippen molar-refractivity contribution in [2.75, 3.05) is 0 Å². The zero-order valence-corrected chi connectivity index (χ0v) is 15.2. The molecule has 27 heavy (non-hydrogen) atoms. The topological polar surface area (TPSA) is 72.2 Å². The molecule has 0 saturated heterocycles. The number of rotatable bonds is 1. The van der Waals surface area contributed by atoms with Gasteiger partial charge in [-0.15, -0.1) is 0 Å². The lowest BCUT2D eigenvalue weighted by Gasteiger charge is -2.27. The number of benzene rings is 1. The van der Waals surface area contributed by atoms with Gasteiger partial charge in [0.1, 0.15) is 5.78 Å². The van der Waals surface area contributed by atoms with Crippen LogP contribution in [0.15, 0.2) is 41.2 Å². The molecule has 1 N–H and O–H groups in total. The molecule has 0 bridgehead atoms. The van der Waals surface area contributed by atoms with Crippen molar-refractivity contribution in [1.82, 2.24) is 9.55 Å². The molecule has 0 amide bonds. The van der Waals surface area contributed by atoms with E-state index in [4.69, 9.17) is 4.98 Å². The van der Waals surface area contributed by atoms with E-state index in [0.29, 0.717) is 36.9 Å². The highest BCUT2D eigenvalue weighted by molar-refractivity contribution is 5.84. The second-order valence-corrected chi connectivity index (χ2v) is 7.60. The Balaban J connectivity index is 1.79. The van der Waals surface area contributed by atoms with Crippen molar-refractivity contribution < 1.29 is 9.90 Å². The average Bonchev–Trinajstić information content (AvgIpc) is 2.96. The van der Waals surface area contributed by atoms with Crippen molar-refractivity contribution in [3.05, 3.63) is 63.4 Å². The van der Waals surface area contributed by atoms with Crippen molar-refractivity contribution in [1.29, 1.82) is 0 Å². The van der Waals surface area contributed by atoms with E-state index in [0.717, 1.165) is 27.9 Å². The Morgan fingerprint density at radius 1 is 1.19 bits per heavy atom. The third-order valence-electron chi connectivity index (χ3n) is 6.00. The first kappa shape index (κ1) is 16.4. The van der Waals surface area contributed by atoms with E-state index < -0.39 is 5.60 Å². The number of carbonyl (C=O) groups is 1. The maximum Gasteiger partial charge on any atom is 0.254 e. The van der Waals surface area contributed by atoms with Gasteiger partial charge in [-0.1, -0.05) is 25.1 Å². The molecule has 2 aliphatic rings. The maximum atomic E-state index is 13.2. The predicted octanol–water partition coefficient (Wildman–Crippen LogP) is 2.93. The minimum atomic E-state index is -1.28. The molecular weight excluding hydrogens is 340 g/mol. The van der Waals surface area contributed by atoms with Gasteiger partial charge in [0, 0.05) is 29.4 Å². The Bertz CT molecular complexity index is 1180. The average molecular weight is 360 g/mol. The van der Waals surface area contributed by atoms with Crippen LogP contribution in [0.2, 0.25) is 0 Å². The van der Waals surface area contributed by atoms with Gasteiger partial charge in [0.25, 0.3) is 5.56 Å². The summed E-state index contributed by atoms with van der Waals surface area (Å²) in [5.74, 6) is 0.00429. The molecule has 3 aromatic rings. The molecule has 5 heteroatoms. The summed E-state index contributed by atoms with van der Waals surface area (Å²) in [6, 6.07) is 11.9. The summed E-state index contributed by atoms with van der Waals surface area (Å²) < 4.78 is 1.74. The maximum absolute atomic E-state index is 13.2. The van der Waals surface area contributed by atoms with Gasteiger partial charge in [0.05, 0.1) is 29.1 Å². The van der Waals surface area contributed by atoms with Gasteiger partial charge in [-0.3, -0.25) is 9.59 Å². The highest BCUT2D eigenvalue weighted by Gasteiger charge is 2.38. The monoisotopic (exact) mass is 360 g/mol. The van der Waals surface area contributed by atoms with E-state index in [1.54, 1.807) is 4.57 Å². The van der Waals surface area contributed by atoms with Gasteiger partial charge in [0.15, 0.2) is 0 Å². The highest BCUT2D eigenvalue weighted by Crippen LogP contribution is 2.39. The first-order valence-corrected chi connectivity index (χ1v) is 9.40. The standard InChI is InChI=1S/C22H20N2O3/c1-2-22(27)11-15(25)7-8-16-17(22)10-19-20-14(12-24(19)21(16)26)9-13-5-3-4-6-18(13)23-20/h3-6,9-10,27H,2,7-8,11-12H2,1H3. The molecule has 5 nitrogen and oxygen atoms in total. The molecule has 5 rings (SSSR count). The number of hydrogen-bond acceptors (Lipinski definition) is 4. The van der Waals surface area contributed by atoms with Crippen molar-refractivity contribution >= 4 is 16.7 Å². The molecule has 1 unspecified atom stereocenters. The van der Waals surface area contributed by atoms with Crippen LogP contribution in [0.4, 0.5) is 0 Å². The number of carbonyl (C=O) groups excluding carboxylic acids is 1.